The number of rotatable bonds is 5. The number of allylic oxidation sites excluding steroid dienone is 1. The van der Waals surface area contributed by atoms with Crippen LogP contribution in [0.2, 0.25) is 0 Å². The van der Waals surface area contributed by atoms with E-state index in [1.807, 2.05) is 0 Å². The van der Waals surface area contributed by atoms with Crippen LogP contribution in [0.5, 0.6) is 0 Å². The van der Waals surface area contributed by atoms with Crippen LogP contribution < -0.4 is 0 Å². The van der Waals surface area contributed by atoms with E-state index in [2.05, 4.69) is 68.9 Å². The van der Waals surface area contributed by atoms with Crippen LogP contribution in [0.1, 0.15) is 94.4 Å². The van der Waals surface area contributed by atoms with Crippen molar-refractivity contribution < 1.29 is 4.74 Å². The molecule has 1 rings (SSSR count). The largest absolute Gasteiger partial charge is 0.495 e. The van der Waals surface area contributed by atoms with Crippen molar-refractivity contribution in [2.24, 2.45) is 28.1 Å². The standard InChI is InChI=1S/C22H42O/c1-16(2)15-22(10,21(7,8)9)17(3)23-19-13-11-18(12-14-19)20(4,5)6/h16,18-19H,3,11-15H2,1-2,4-10H3. The molecule has 0 aromatic rings. The second-order valence-electron chi connectivity index (χ2n) is 10.6. The minimum absolute atomic E-state index is 0.0298. The molecule has 0 aromatic heterocycles. The predicted octanol–water partition coefficient (Wildman–Crippen LogP) is 7.22. The summed E-state index contributed by atoms with van der Waals surface area (Å²) in [6.45, 7) is 25.4. The molecule has 1 aliphatic rings. The van der Waals surface area contributed by atoms with Crippen molar-refractivity contribution in [3.8, 4) is 0 Å². The normalized spacial score (nSPS) is 26.0. The van der Waals surface area contributed by atoms with Crippen LogP contribution >= 0.6 is 0 Å². The molecule has 0 N–H and O–H groups in total. The van der Waals surface area contributed by atoms with Gasteiger partial charge in [0, 0.05) is 5.41 Å². The van der Waals surface area contributed by atoms with Crippen LogP contribution in [0.3, 0.4) is 0 Å². The summed E-state index contributed by atoms with van der Waals surface area (Å²) in [7, 11) is 0. The van der Waals surface area contributed by atoms with E-state index in [4.69, 9.17) is 4.74 Å². The Bertz CT molecular complexity index is 385. The Labute approximate surface area is 146 Å². The third kappa shape index (κ3) is 5.26. The Morgan fingerprint density at radius 3 is 1.78 bits per heavy atom. The summed E-state index contributed by atoms with van der Waals surface area (Å²) in [4.78, 5) is 0. The molecule has 1 unspecified atom stereocenters. The summed E-state index contributed by atoms with van der Waals surface area (Å²) < 4.78 is 6.45. The van der Waals surface area contributed by atoms with Crippen LogP contribution in [0, 0.1) is 28.1 Å². The summed E-state index contributed by atoms with van der Waals surface area (Å²) in [6.07, 6.45) is 6.45. The minimum atomic E-state index is 0.0298. The summed E-state index contributed by atoms with van der Waals surface area (Å²) in [5.74, 6) is 2.49. The lowest BCUT2D eigenvalue weighted by Gasteiger charge is -2.46. The molecule has 23 heavy (non-hydrogen) atoms. The molecule has 0 aliphatic heterocycles. The average molecular weight is 323 g/mol. The first-order valence-corrected chi connectivity index (χ1v) is 9.63. The summed E-state index contributed by atoms with van der Waals surface area (Å²) in [5, 5.41) is 0. The van der Waals surface area contributed by atoms with Crippen molar-refractivity contribution in [1.29, 1.82) is 0 Å². The summed E-state index contributed by atoms with van der Waals surface area (Å²) in [6, 6.07) is 0. The fourth-order valence-electron chi connectivity index (χ4n) is 4.03. The maximum atomic E-state index is 6.45. The average Bonchev–Trinajstić information content (AvgIpc) is 2.35. The van der Waals surface area contributed by atoms with Crippen LogP contribution in [0.4, 0.5) is 0 Å². The fourth-order valence-corrected chi connectivity index (χ4v) is 4.03. The van der Waals surface area contributed by atoms with Crippen molar-refractivity contribution in [3.63, 3.8) is 0 Å². The molecule has 1 saturated carbocycles. The highest BCUT2D eigenvalue weighted by Crippen LogP contribution is 2.50. The van der Waals surface area contributed by atoms with Gasteiger partial charge >= 0.3 is 0 Å². The second kappa shape index (κ2) is 7.19. The van der Waals surface area contributed by atoms with Gasteiger partial charge in [-0.1, -0.05) is 68.9 Å². The maximum absolute atomic E-state index is 6.45. The zero-order valence-corrected chi connectivity index (χ0v) is 17.4. The quantitative estimate of drug-likeness (QED) is 0.485. The van der Waals surface area contributed by atoms with Gasteiger partial charge in [-0.05, 0) is 54.8 Å². The number of hydrogen-bond acceptors (Lipinski definition) is 1. The minimum Gasteiger partial charge on any atom is -0.495 e. The van der Waals surface area contributed by atoms with Gasteiger partial charge in [-0.25, -0.2) is 0 Å². The lowest BCUT2D eigenvalue weighted by atomic mass is 9.63. The van der Waals surface area contributed by atoms with Crippen LogP contribution in [-0.2, 0) is 4.74 Å². The van der Waals surface area contributed by atoms with Crippen LogP contribution in [-0.4, -0.2) is 6.10 Å². The lowest BCUT2D eigenvalue weighted by molar-refractivity contribution is -0.0190. The highest BCUT2D eigenvalue weighted by atomic mass is 16.5. The second-order valence-corrected chi connectivity index (χ2v) is 10.6. The van der Waals surface area contributed by atoms with Gasteiger partial charge in [0.1, 0.15) is 0 Å². The Morgan fingerprint density at radius 2 is 1.43 bits per heavy atom. The van der Waals surface area contributed by atoms with Gasteiger partial charge in [0.2, 0.25) is 0 Å². The monoisotopic (exact) mass is 322 g/mol. The Hall–Kier alpha value is -0.460. The zero-order valence-electron chi connectivity index (χ0n) is 17.4. The first-order chi connectivity index (χ1) is 10.3. The molecular weight excluding hydrogens is 280 g/mol. The van der Waals surface area contributed by atoms with Crippen molar-refractivity contribution >= 4 is 0 Å². The van der Waals surface area contributed by atoms with Crippen molar-refractivity contribution in [1.82, 2.24) is 0 Å². The van der Waals surface area contributed by atoms with E-state index in [0.717, 1.165) is 18.1 Å². The molecule has 0 aromatic carbocycles. The first-order valence-electron chi connectivity index (χ1n) is 9.63. The third-order valence-electron chi connectivity index (χ3n) is 6.30. The molecule has 0 bridgehead atoms. The van der Waals surface area contributed by atoms with Gasteiger partial charge in [0.15, 0.2) is 0 Å². The van der Waals surface area contributed by atoms with E-state index in [0.29, 0.717) is 17.4 Å². The molecule has 0 amide bonds. The van der Waals surface area contributed by atoms with E-state index >= 15 is 0 Å². The highest BCUT2D eigenvalue weighted by molar-refractivity contribution is 5.08. The number of ether oxygens (including phenoxy) is 1. The molecule has 1 heteroatoms. The highest BCUT2D eigenvalue weighted by Gasteiger charge is 2.42. The molecule has 0 spiro atoms. The van der Waals surface area contributed by atoms with Crippen molar-refractivity contribution in [2.45, 2.75) is 101 Å². The van der Waals surface area contributed by atoms with Crippen LogP contribution in [0.15, 0.2) is 12.3 Å². The third-order valence-corrected chi connectivity index (χ3v) is 6.30. The van der Waals surface area contributed by atoms with E-state index in [9.17, 15) is 0 Å². The predicted molar refractivity (Wildman–Crippen MR) is 102 cm³/mol. The Balaban J connectivity index is 2.71. The van der Waals surface area contributed by atoms with Crippen molar-refractivity contribution in [2.75, 3.05) is 0 Å². The molecule has 1 fully saturated rings. The first kappa shape index (κ1) is 20.6. The van der Waals surface area contributed by atoms with Gasteiger partial charge in [-0.15, -0.1) is 0 Å². The van der Waals surface area contributed by atoms with Gasteiger partial charge < -0.3 is 4.74 Å². The molecule has 136 valence electrons. The van der Waals surface area contributed by atoms with Gasteiger partial charge in [-0.3, -0.25) is 0 Å². The Morgan fingerprint density at radius 1 is 0.957 bits per heavy atom. The fraction of sp³-hybridized carbons (Fsp3) is 0.909. The van der Waals surface area contributed by atoms with E-state index < -0.39 is 0 Å². The maximum Gasteiger partial charge on any atom is 0.0982 e. The summed E-state index contributed by atoms with van der Waals surface area (Å²) in [5.41, 5.74) is 0.624. The molecule has 1 nitrogen and oxygen atoms in total. The Kier molecular flexibility index (Phi) is 6.44. The molecule has 0 radical (unpaired) electrons. The van der Waals surface area contributed by atoms with Crippen LogP contribution in [0.25, 0.3) is 0 Å². The van der Waals surface area contributed by atoms with E-state index in [1.165, 1.54) is 25.7 Å². The van der Waals surface area contributed by atoms with Gasteiger partial charge in [0.25, 0.3) is 0 Å². The van der Waals surface area contributed by atoms with E-state index in [1.54, 1.807) is 0 Å². The van der Waals surface area contributed by atoms with E-state index in [-0.39, 0.29) is 10.8 Å². The SMILES string of the molecule is C=C(OC1CCC(C(C)(C)C)CC1)C(C)(CC(C)C)C(C)(C)C. The van der Waals surface area contributed by atoms with Gasteiger partial charge in [-0.2, -0.15) is 0 Å². The molecule has 1 aliphatic carbocycles. The number of hydrogen-bond donors (Lipinski definition) is 0. The van der Waals surface area contributed by atoms with Gasteiger partial charge in [0.05, 0.1) is 11.9 Å². The molecular formula is C22H42O. The topological polar surface area (TPSA) is 9.23 Å². The van der Waals surface area contributed by atoms with Crippen molar-refractivity contribution in [3.05, 3.63) is 12.3 Å². The summed E-state index contributed by atoms with van der Waals surface area (Å²) >= 11 is 0. The molecule has 0 heterocycles. The molecule has 0 saturated heterocycles. The zero-order chi connectivity index (χ0) is 18.1. The smallest absolute Gasteiger partial charge is 0.0982 e. The molecule has 1 atom stereocenters. The lowest BCUT2D eigenvalue weighted by Crippen LogP contribution is -2.38.